The molecule has 2 amide bonds. The van der Waals surface area contributed by atoms with E-state index in [2.05, 4.69) is 25.3 Å². The zero-order chi connectivity index (χ0) is 34.3. The van der Waals surface area contributed by atoms with Crippen LogP contribution in [0.25, 0.3) is 0 Å². The summed E-state index contributed by atoms with van der Waals surface area (Å²) in [5, 5.41) is 11.8. The minimum Gasteiger partial charge on any atom is -0.465 e. The molecule has 0 unspecified atom stereocenters. The molecule has 2 aromatic carbocycles. The van der Waals surface area contributed by atoms with Crippen LogP contribution in [0.1, 0.15) is 81.2 Å². The quantitative estimate of drug-likeness (QED) is 0.268. The van der Waals surface area contributed by atoms with Crippen LogP contribution in [0, 0.1) is 0 Å². The summed E-state index contributed by atoms with van der Waals surface area (Å²) in [4.78, 5) is 40.7. The molecule has 1 aromatic heterocycles. The number of amides is 2. The van der Waals surface area contributed by atoms with Gasteiger partial charge in [-0.3, -0.25) is 19.6 Å². The van der Waals surface area contributed by atoms with Gasteiger partial charge in [0.15, 0.2) is 10.6 Å². The molecule has 2 saturated carbocycles. The van der Waals surface area contributed by atoms with Gasteiger partial charge in [0.1, 0.15) is 11.8 Å². The van der Waals surface area contributed by atoms with Crippen molar-refractivity contribution in [3.8, 4) is 0 Å². The number of sulfonamides is 1. The predicted molar refractivity (Wildman–Crippen MR) is 178 cm³/mol. The molecule has 6 rings (SSSR count). The zero-order valence-electron chi connectivity index (χ0n) is 27.1. The Labute approximate surface area is 284 Å². The van der Waals surface area contributed by atoms with Crippen LogP contribution in [0.2, 0.25) is 5.02 Å². The lowest BCUT2D eigenvalue weighted by Crippen LogP contribution is -2.48. The Hall–Kier alpha value is -4.17. The summed E-state index contributed by atoms with van der Waals surface area (Å²) >= 11 is 6.26. The van der Waals surface area contributed by atoms with Crippen LogP contribution in [0.3, 0.4) is 0 Å². The molecule has 0 radical (unpaired) electrons. The van der Waals surface area contributed by atoms with E-state index >= 15 is 0 Å². The molecule has 256 valence electrons. The van der Waals surface area contributed by atoms with E-state index in [1.165, 1.54) is 4.68 Å². The number of halogens is 1. The van der Waals surface area contributed by atoms with E-state index in [1.807, 2.05) is 42.5 Å². The van der Waals surface area contributed by atoms with Crippen molar-refractivity contribution >= 4 is 51.1 Å². The van der Waals surface area contributed by atoms with E-state index in [4.69, 9.17) is 21.1 Å². The third-order valence-corrected chi connectivity index (χ3v) is 12.0. The normalized spacial score (nSPS) is 18.8. The standard InChI is InChI=1S/C33H39ClN6O7S/c1-4-46-30(42)33(17-18-33)48(44,45)37-29(41)32(15-16-32)23-9-11-24(12-10-23)40-19-13-22(14-20-40)27-28(39(3)38-36-27)35-31(43)47-21(2)25-7-5-6-8-26(25)34/h5-12,21-22H,4,13-20H2,1-3H3,(H,35,43)(H,37,41)/t21-/m1/s1. The number of nitrogens with zero attached hydrogens (tertiary/aromatic N) is 4. The van der Waals surface area contributed by atoms with Crippen LogP contribution >= 0.6 is 11.6 Å². The molecule has 1 saturated heterocycles. The van der Waals surface area contributed by atoms with Crippen molar-refractivity contribution < 1.29 is 32.3 Å². The number of esters is 1. The number of aryl methyl sites for hydroxylation is 1. The molecule has 2 N–H and O–H groups in total. The van der Waals surface area contributed by atoms with Gasteiger partial charge in [0.05, 0.1) is 12.0 Å². The summed E-state index contributed by atoms with van der Waals surface area (Å²) in [6.45, 7) is 4.90. The molecule has 2 heterocycles. The van der Waals surface area contributed by atoms with Crippen LogP contribution in [-0.4, -0.2) is 65.8 Å². The minimum atomic E-state index is -4.23. The highest BCUT2D eigenvalue weighted by molar-refractivity contribution is 7.92. The highest BCUT2D eigenvalue weighted by Crippen LogP contribution is 2.50. The first-order valence-corrected chi connectivity index (χ1v) is 18.0. The maximum atomic E-state index is 13.3. The Morgan fingerprint density at radius 2 is 1.71 bits per heavy atom. The lowest BCUT2D eigenvalue weighted by molar-refractivity contribution is -0.143. The third kappa shape index (κ3) is 6.35. The van der Waals surface area contributed by atoms with Gasteiger partial charge in [0.2, 0.25) is 5.91 Å². The molecule has 1 atom stereocenters. The molecular weight excluding hydrogens is 660 g/mol. The molecule has 0 spiro atoms. The van der Waals surface area contributed by atoms with Crippen molar-refractivity contribution in [2.24, 2.45) is 7.05 Å². The zero-order valence-corrected chi connectivity index (χ0v) is 28.6. The first kappa shape index (κ1) is 33.7. The Kier molecular flexibility index (Phi) is 9.16. The third-order valence-electron chi connectivity index (χ3n) is 9.64. The van der Waals surface area contributed by atoms with Crippen molar-refractivity contribution in [3.05, 3.63) is 70.4 Å². The fourth-order valence-electron chi connectivity index (χ4n) is 6.40. The van der Waals surface area contributed by atoms with E-state index in [1.54, 1.807) is 27.0 Å². The second kappa shape index (κ2) is 13.0. The maximum Gasteiger partial charge on any atom is 0.413 e. The van der Waals surface area contributed by atoms with Crippen LogP contribution in [0.15, 0.2) is 48.5 Å². The van der Waals surface area contributed by atoms with E-state index in [0.717, 1.165) is 37.2 Å². The Bertz CT molecular complexity index is 1810. The molecule has 48 heavy (non-hydrogen) atoms. The monoisotopic (exact) mass is 698 g/mol. The first-order valence-electron chi connectivity index (χ1n) is 16.1. The Morgan fingerprint density at radius 3 is 2.31 bits per heavy atom. The lowest BCUT2D eigenvalue weighted by Gasteiger charge is -2.33. The summed E-state index contributed by atoms with van der Waals surface area (Å²) in [7, 11) is -2.51. The fourth-order valence-corrected chi connectivity index (χ4v) is 8.24. The SMILES string of the molecule is CCOC(=O)C1(S(=O)(=O)NC(=O)C2(c3ccc(N4CCC(c5nnn(C)c5NC(=O)O[C@H](C)c5ccccc5Cl)CC4)cc3)CC2)CC1. The molecule has 3 fully saturated rings. The first-order chi connectivity index (χ1) is 22.9. The van der Waals surface area contributed by atoms with Gasteiger partial charge in [-0.2, -0.15) is 0 Å². The topological polar surface area (TPSA) is 162 Å². The number of rotatable bonds is 11. The molecule has 2 aliphatic carbocycles. The molecule has 13 nitrogen and oxygen atoms in total. The maximum absolute atomic E-state index is 13.3. The highest BCUT2D eigenvalue weighted by atomic mass is 35.5. The number of carbonyl (C=O) groups excluding carboxylic acids is 3. The molecule has 3 aromatic rings. The van der Waals surface area contributed by atoms with Gasteiger partial charge in [-0.1, -0.05) is 47.1 Å². The second-order valence-electron chi connectivity index (χ2n) is 12.7. The van der Waals surface area contributed by atoms with Crippen LogP contribution < -0.4 is 14.9 Å². The number of aromatic nitrogens is 3. The molecule has 1 aliphatic heterocycles. The second-order valence-corrected chi connectivity index (χ2v) is 15.1. The summed E-state index contributed by atoms with van der Waals surface area (Å²) < 4.78 is 38.7. The Morgan fingerprint density at radius 1 is 1.04 bits per heavy atom. The van der Waals surface area contributed by atoms with Gasteiger partial charge in [0.25, 0.3) is 10.0 Å². The number of anilines is 2. The van der Waals surface area contributed by atoms with Crippen LogP contribution in [0.4, 0.5) is 16.3 Å². The number of carbonyl (C=O) groups is 3. The van der Waals surface area contributed by atoms with Gasteiger partial charge >= 0.3 is 12.1 Å². The number of hydrogen-bond donors (Lipinski definition) is 2. The average Bonchev–Trinajstić information content (AvgIpc) is 3.99. The average molecular weight is 699 g/mol. The number of nitrogens with one attached hydrogen (secondary N) is 2. The van der Waals surface area contributed by atoms with E-state index in [-0.39, 0.29) is 25.4 Å². The van der Waals surface area contributed by atoms with E-state index in [9.17, 15) is 22.8 Å². The van der Waals surface area contributed by atoms with Gasteiger partial charge in [-0.15, -0.1) is 5.10 Å². The van der Waals surface area contributed by atoms with Crippen molar-refractivity contribution in [2.75, 3.05) is 29.9 Å². The van der Waals surface area contributed by atoms with E-state index in [0.29, 0.717) is 34.9 Å². The number of hydrogen-bond acceptors (Lipinski definition) is 10. The Balaban J connectivity index is 1.05. The molecule has 0 bridgehead atoms. The largest absolute Gasteiger partial charge is 0.465 e. The van der Waals surface area contributed by atoms with Gasteiger partial charge < -0.3 is 14.4 Å². The highest BCUT2D eigenvalue weighted by Gasteiger charge is 2.64. The van der Waals surface area contributed by atoms with Crippen LogP contribution in [-0.2, 0) is 41.5 Å². The number of benzene rings is 2. The van der Waals surface area contributed by atoms with Crippen LogP contribution in [0.5, 0.6) is 0 Å². The summed E-state index contributed by atoms with van der Waals surface area (Å²) in [5.41, 5.74) is 2.18. The molecule has 3 aliphatic rings. The van der Waals surface area contributed by atoms with Gasteiger partial charge in [0, 0.05) is 42.3 Å². The summed E-state index contributed by atoms with van der Waals surface area (Å²) in [6, 6.07) is 14.8. The minimum absolute atomic E-state index is 0.0651. The smallest absolute Gasteiger partial charge is 0.413 e. The fraction of sp³-hybridized carbons (Fsp3) is 0.485. The molecule has 15 heteroatoms. The van der Waals surface area contributed by atoms with Crippen molar-refractivity contribution in [1.82, 2.24) is 19.7 Å². The van der Waals surface area contributed by atoms with Crippen molar-refractivity contribution in [1.29, 1.82) is 0 Å². The number of piperidine rings is 1. The summed E-state index contributed by atoms with van der Waals surface area (Å²) in [6.07, 6.45) is 1.67. The van der Waals surface area contributed by atoms with Gasteiger partial charge in [-0.25, -0.2) is 17.9 Å². The van der Waals surface area contributed by atoms with Gasteiger partial charge in [-0.05, 0) is 76.1 Å². The van der Waals surface area contributed by atoms with Crippen molar-refractivity contribution in [2.45, 2.75) is 74.6 Å². The van der Waals surface area contributed by atoms with Crippen molar-refractivity contribution in [3.63, 3.8) is 0 Å². The number of ether oxygens (including phenoxy) is 2. The summed E-state index contributed by atoms with van der Waals surface area (Å²) in [5.74, 6) is -0.867. The lowest BCUT2D eigenvalue weighted by atomic mass is 9.92. The molecular formula is C33H39ClN6O7S. The predicted octanol–water partition coefficient (Wildman–Crippen LogP) is 4.74. The van der Waals surface area contributed by atoms with E-state index < -0.39 is 44.3 Å².